The van der Waals surface area contributed by atoms with Gasteiger partial charge in [0, 0.05) is 22.7 Å². The summed E-state index contributed by atoms with van der Waals surface area (Å²) in [4.78, 5) is 23.6. The van der Waals surface area contributed by atoms with Gasteiger partial charge in [-0.25, -0.2) is 14.1 Å². The van der Waals surface area contributed by atoms with Crippen LogP contribution in [0.15, 0.2) is 47.5 Å². The number of hydrogen-bond acceptors (Lipinski definition) is 5. The summed E-state index contributed by atoms with van der Waals surface area (Å²) in [6.45, 7) is 1.55. The van der Waals surface area contributed by atoms with Gasteiger partial charge in [0.2, 0.25) is 5.82 Å². The normalized spacial score (nSPS) is 12.3. The summed E-state index contributed by atoms with van der Waals surface area (Å²) in [5.74, 6) is -0.149. The molecule has 3 aromatic rings. The molecule has 0 spiro atoms. The van der Waals surface area contributed by atoms with Gasteiger partial charge in [-0.3, -0.25) is 9.79 Å². The largest absolute Gasteiger partial charge is 0.349 e. The van der Waals surface area contributed by atoms with E-state index in [1.165, 1.54) is 6.07 Å². The lowest BCUT2D eigenvalue weighted by atomic mass is 10.00. The monoisotopic (exact) mass is 476 g/mol. The molecule has 0 atom stereocenters. The molecule has 0 saturated carbocycles. The fourth-order valence-corrected chi connectivity index (χ4v) is 3.59. The lowest BCUT2D eigenvalue weighted by molar-refractivity contribution is 0.0942. The van der Waals surface area contributed by atoms with Gasteiger partial charge in [-0.2, -0.15) is 0 Å². The lowest BCUT2D eigenvalue weighted by Crippen LogP contribution is -2.28. The number of carbonyl (C=O) groups is 1. The molecule has 4 rings (SSSR count). The highest BCUT2D eigenvalue weighted by Crippen LogP contribution is 2.27. The minimum absolute atomic E-state index is 0. The van der Waals surface area contributed by atoms with Crippen LogP contribution >= 0.6 is 24.0 Å². The average Bonchev–Trinajstić information content (AvgIpc) is 3.10. The standard InChI is InChI=1S/C22H22ClFN6O.ClH/c1-29(2)11-5-10-25-22(31)21-27-19-13-26-20(15-6-3-4-7-17(15)24)16-12-14(23)8-9-18(16)30(19)28-21;/h3-4,6-9,12H,5,10-11,13H2,1-2H3,(H,25,31);1H. The van der Waals surface area contributed by atoms with E-state index in [1.54, 1.807) is 41.1 Å². The van der Waals surface area contributed by atoms with Crippen LogP contribution in [-0.2, 0) is 6.54 Å². The molecule has 32 heavy (non-hydrogen) atoms. The van der Waals surface area contributed by atoms with Crippen molar-refractivity contribution in [2.45, 2.75) is 13.0 Å². The highest BCUT2D eigenvalue weighted by Gasteiger charge is 2.25. The van der Waals surface area contributed by atoms with Crippen molar-refractivity contribution in [1.29, 1.82) is 0 Å². The highest BCUT2D eigenvalue weighted by atomic mass is 35.5. The Morgan fingerprint density at radius 1 is 1.22 bits per heavy atom. The molecule has 2 aromatic carbocycles. The fraction of sp³-hybridized carbons (Fsp3) is 0.273. The Kier molecular flexibility index (Phi) is 7.60. The van der Waals surface area contributed by atoms with Crippen LogP contribution in [-0.4, -0.2) is 58.5 Å². The van der Waals surface area contributed by atoms with E-state index >= 15 is 0 Å². The maximum atomic E-state index is 14.5. The lowest BCUT2D eigenvalue weighted by Gasteiger charge is -2.12. The first-order valence-electron chi connectivity index (χ1n) is 9.92. The predicted octanol–water partition coefficient (Wildman–Crippen LogP) is 3.51. The molecule has 10 heteroatoms. The second kappa shape index (κ2) is 10.2. The van der Waals surface area contributed by atoms with Crippen LogP contribution in [0.1, 0.15) is 34.0 Å². The number of hydrogen-bond donors (Lipinski definition) is 1. The zero-order valence-corrected chi connectivity index (χ0v) is 19.3. The number of carbonyl (C=O) groups excluding carboxylic acids is 1. The Morgan fingerprint density at radius 2 is 2.00 bits per heavy atom. The number of aromatic nitrogens is 3. The van der Waals surface area contributed by atoms with E-state index in [1.807, 2.05) is 14.1 Å². The molecule has 0 saturated heterocycles. The van der Waals surface area contributed by atoms with Gasteiger partial charge in [-0.05, 0) is 57.4 Å². The molecule has 0 radical (unpaired) electrons. The number of aliphatic imine (C=N–C) groups is 1. The van der Waals surface area contributed by atoms with Crippen molar-refractivity contribution in [1.82, 2.24) is 25.0 Å². The quantitative estimate of drug-likeness (QED) is 0.552. The molecule has 0 fully saturated rings. The molecule has 7 nitrogen and oxygen atoms in total. The van der Waals surface area contributed by atoms with Gasteiger partial charge in [0.05, 0.1) is 17.9 Å². The van der Waals surface area contributed by atoms with Gasteiger partial charge in [-0.15, -0.1) is 17.5 Å². The minimum atomic E-state index is -0.377. The van der Waals surface area contributed by atoms with Crippen molar-refractivity contribution >= 4 is 35.6 Å². The molecule has 1 aliphatic heterocycles. The third kappa shape index (κ3) is 4.98. The van der Waals surface area contributed by atoms with Crippen molar-refractivity contribution < 1.29 is 9.18 Å². The molecule has 1 aliphatic rings. The van der Waals surface area contributed by atoms with Gasteiger partial charge in [-0.1, -0.05) is 23.7 Å². The molecule has 1 aromatic heterocycles. The number of halogens is 3. The number of fused-ring (bicyclic) bond motifs is 3. The maximum absolute atomic E-state index is 14.5. The molecule has 0 bridgehead atoms. The highest BCUT2D eigenvalue weighted by molar-refractivity contribution is 6.31. The topological polar surface area (TPSA) is 75.4 Å². The van der Waals surface area contributed by atoms with E-state index in [9.17, 15) is 9.18 Å². The van der Waals surface area contributed by atoms with E-state index in [2.05, 4.69) is 25.3 Å². The number of nitrogens with zero attached hydrogens (tertiary/aromatic N) is 5. The number of amides is 1. The Morgan fingerprint density at radius 3 is 2.75 bits per heavy atom. The van der Waals surface area contributed by atoms with Crippen molar-refractivity contribution in [3.05, 3.63) is 76.1 Å². The maximum Gasteiger partial charge on any atom is 0.290 e. The Hall–Kier alpha value is -2.81. The van der Waals surface area contributed by atoms with Crippen LogP contribution in [0.4, 0.5) is 4.39 Å². The smallest absolute Gasteiger partial charge is 0.290 e. The molecular formula is C22H23Cl2FN6O. The third-order valence-corrected chi connectivity index (χ3v) is 5.13. The van der Waals surface area contributed by atoms with E-state index in [4.69, 9.17) is 11.6 Å². The summed E-state index contributed by atoms with van der Waals surface area (Å²) < 4.78 is 16.1. The van der Waals surface area contributed by atoms with E-state index in [-0.39, 0.29) is 36.5 Å². The Balaban J connectivity index is 0.00000289. The van der Waals surface area contributed by atoms with Crippen LogP contribution in [0, 0.1) is 5.82 Å². The number of rotatable bonds is 6. The molecule has 0 unspecified atom stereocenters. The van der Waals surface area contributed by atoms with Crippen LogP contribution < -0.4 is 5.32 Å². The van der Waals surface area contributed by atoms with Crippen molar-refractivity contribution in [2.24, 2.45) is 4.99 Å². The van der Waals surface area contributed by atoms with Gasteiger partial charge < -0.3 is 10.2 Å². The first kappa shape index (κ1) is 23.8. The van der Waals surface area contributed by atoms with Gasteiger partial charge in [0.25, 0.3) is 5.91 Å². The first-order chi connectivity index (χ1) is 14.9. The van der Waals surface area contributed by atoms with E-state index < -0.39 is 0 Å². The third-order valence-electron chi connectivity index (χ3n) is 4.89. The van der Waals surface area contributed by atoms with Crippen LogP contribution in [0.25, 0.3) is 5.69 Å². The van der Waals surface area contributed by atoms with Crippen molar-refractivity contribution in [2.75, 3.05) is 27.2 Å². The number of benzene rings is 2. The fourth-order valence-electron chi connectivity index (χ4n) is 3.41. The SMILES string of the molecule is CN(C)CCCNC(=O)c1nc2n(n1)-c1ccc(Cl)cc1C(c1ccccc1F)=NC2.Cl. The van der Waals surface area contributed by atoms with Crippen LogP contribution in [0.3, 0.4) is 0 Å². The second-order valence-corrected chi connectivity index (χ2v) is 7.92. The van der Waals surface area contributed by atoms with Gasteiger partial charge in [0.15, 0.2) is 5.82 Å². The zero-order chi connectivity index (χ0) is 22.0. The molecule has 1 N–H and O–H groups in total. The van der Waals surface area contributed by atoms with Gasteiger partial charge >= 0.3 is 0 Å². The summed E-state index contributed by atoms with van der Waals surface area (Å²) in [7, 11) is 3.96. The first-order valence-corrected chi connectivity index (χ1v) is 10.3. The average molecular weight is 477 g/mol. The van der Waals surface area contributed by atoms with E-state index in [0.29, 0.717) is 39.9 Å². The van der Waals surface area contributed by atoms with E-state index in [0.717, 1.165) is 13.0 Å². The second-order valence-electron chi connectivity index (χ2n) is 7.48. The van der Waals surface area contributed by atoms with Gasteiger partial charge in [0.1, 0.15) is 5.82 Å². The summed E-state index contributed by atoms with van der Waals surface area (Å²) >= 11 is 6.24. The summed E-state index contributed by atoms with van der Waals surface area (Å²) in [5, 5.41) is 7.75. The Labute approximate surface area is 196 Å². The number of nitrogens with one attached hydrogen (secondary N) is 1. The molecule has 168 valence electrons. The van der Waals surface area contributed by atoms with Crippen LogP contribution in [0.2, 0.25) is 5.02 Å². The predicted molar refractivity (Wildman–Crippen MR) is 125 cm³/mol. The van der Waals surface area contributed by atoms with Crippen LogP contribution in [0.5, 0.6) is 0 Å². The summed E-state index contributed by atoms with van der Waals surface area (Å²) in [6, 6.07) is 11.7. The Bertz CT molecular complexity index is 1160. The zero-order valence-electron chi connectivity index (χ0n) is 17.7. The molecule has 1 amide bonds. The minimum Gasteiger partial charge on any atom is -0.349 e. The summed E-state index contributed by atoms with van der Waals surface area (Å²) in [6.07, 6.45) is 0.823. The molecular weight excluding hydrogens is 454 g/mol. The summed E-state index contributed by atoms with van der Waals surface area (Å²) in [5.41, 5.74) is 2.10. The molecule has 0 aliphatic carbocycles. The van der Waals surface area contributed by atoms with Crippen molar-refractivity contribution in [3.63, 3.8) is 0 Å². The van der Waals surface area contributed by atoms with Crippen molar-refractivity contribution in [3.8, 4) is 5.69 Å². The molecule has 2 heterocycles.